The summed E-state index contributed by atoms with van der Waals surface area (Å²) in [4.78, 5) is 8.30. The fraction of sp³-hybridized carbons (Fsp3) is 0.200. The summed E-state index contributed by atoms with van der Waals surface area (Å²) in [5, 5.41) is 6.31. The van der Waals surface area contributed by atoms with Gasteiger partial charge >= 0.3 is 0 Å². The van der Waals surface area contributed by atoms with Crippen molar-refractivity contribution in [1.82, 2.24) is 10.3 Å². The molecule has 0 spiro atoms. The van der Waals surface area contributed by atoms with Crippen LogP contribution >= 0.6 is 0 Å². The van der Waals surface area contributed by atoms with Crippen molar-refractivity contribution in [2.45, 2.75) is 0 Å². The van der Waals surface area contributed by atoms with E-state index in [1.165, 1.54) is 6.39 Å². The van der Waals surface area contributed by atoms with Gasteiger partial charge in [-0.15, -0.1) is 0 Å². The molecule has 0 saturated heterocycles. The second-order valence-corrected chi connectivity index (χ2v) is 3.32. The summed E-state index contributed by atoms with van der Waals surface area (Å²) in [6, 6.07) is 5.77. The van der Waals surface area contributed by atoms with Crippen LogP contribution in [-0.2, 0) is 0 Å². The number of oxazole rings is 1. The Bertz CT molecular complexity index is 517. The van der Waals surface area contributed by atoms with E-state index >= 15 is 0 Å². The zero-order valence-electron chi connectivity index (χ0n) is 8.03. The molecule has 3 rings (SSSR count). The molecule has 5 heteroatoms. The van der Waals surface area contributed by atoms with Crippen molar-refractivity contribution in [1.29, 1.82) is 0 Å². The molecule has 0 saturated carbocycles. The Balaban J connectivity index is 1.90. The number of aliphatic imine (C=N–C) groups is 1. The second-order valence-electron chi connectivity index (χ2n) is 3.32. The third-order valence-electron chi connectivity index (χ3n) is 2.27. The fourth-order valence-corrected chi connectivity index (χ4v) is 1.55. The highest BCUT2D eigenvalue weighted by Crippen LogP contribution is 2.17. The van der Waals surface area contributed by atoms with E-state index in [4.69, 9.17) is 4.42 Å². The normalized spacial score (nSPS) is 15.1. The van der Waals surface area contributed by atoms with Gasteiger partial charge in [-0.25, -0.2) is 4.98 Å². The number of hydrogen-bond acceptors (Lipinski definition) is 5. The minimum absolute atomic E-state index is 0.776. The molecule has 0 aliphatic carbocycles. The van der Waals surface area contributed by atoms with Gasteiger partial charge in [0.25, 0.3) is 0 Å². The minimum atomic E-state index is 0.776. The fourth-order valence-electron chi connectivity index (χ4n) is 1.55. The van der Waals surface area contributed by atoms with E-state index in [9.17, 15) is 0 Å². The van der Waals surface area contributed by atoms with Crippen molar-refractivity contribution in [3.8, 4) is 0 Å². The average molecular weight is 202 g/mol. The van der Waals surface area contributed by atoms with E-state index < -0.39 is 0 Å². The maximum Gasteiger partial charge on any atom is 0.195 e. The summed E-state index contributed by atoms with van der Waals surface area (Å²) in [6.07, 6.45) is 1.44. The monoisotopic (exact) mass is 202 g/mol. The molecule has 0 unspecified atom stereocenters. The maximum absolute atomic E-state index is 5.21. The van der Waals surface area contributed by atoms with Crippen LogP contribution in [0.25, 0.3) is 11.1 Å². The number of anilines is 1. The Labute approximate surface area is 86.2 Å². The molecule has 0 fully saturated rings. The van der Waals surface area contributed by atoms with Gasteiger partial charge in [0.05, 0.1) is 6.54 Å². The number of hydrogen-bond donors (Lipinski definition) is 2. The first-order chi connectivity index (χ1) is 7.42. The molecular weight excluding hydrogens is 192 g/mol. The van der Waals surface area contributed by atoms with Gasteiger partial charge < -0.3 is 15.1 Å². The molecule has 76 valence electrons. The van der Waals surface area contributed by atoms with Crippen molar-refractivity contribution in [3.63, 3.8) is 0 Å². The molecule has 0 atom stereocenters. The van der Waals surface area contributed by atoms with Gasteiger partial charge in [0.1, 0.15) is 5.52 Å². The van der Waals surface area contributed by atoms with E-state index in [1.807, 2.05) is 18.2 Å². The molecule has 0 radical (unpaired) electrons. The van der Waals surface area contributed by atoms with Gasteiger partial charge in [-0.2, -0.15) is 0 Å². The first-order valence-electron chi connectivity index (χ1n) is 4.80. The van der Waals surface area contributed by atoms with Crippen LogP contribution in [-0.4, -0.2) is 24.0 Å². The van der Waals surface area contributed by atoms with Gasteiger partial charge in [0.2, 0.25) is 0 Å². The number of aromatic nitrogens is 1. The number of nitrogens with one attached hydrogen (secondary N) is 2. The lowest BCUT2D eigenvalue weighted by Gasteiger charge is -2.05. The number of rotatable bonds is 1. The molecule has 1 aromatic carbocycles. The van der Waals surface area contributed by atoms with Crippen LogP contribution in [0.15, 0.2) is 34.0 Å². The highest BCUT2D eigenvalue weighted by Gasteiger charge is 2.06. The molecule has 0 bridgehead atoms. The number of nitrogens with zero attached hydrogens (tertiary/aromatic N) is 2. The Hall–Kier alpha value is -2.04. The SMILES string of the molecule is c1nc2ccc(NC3=NCCN3)cc2o1. The lowest BCUT2D eigenvalue weighted by molar-refractivity contribution is 0.602. The molecule has 2 heterocycles. The van der Waals surface area contributed by atoms with Gasteiger partial charge in [0.15, 0.2) is 17.9 Å². The molecule has 2 N–H and O–H groups in total. The summed E-state index contributed by atoms with van der Waals surface area (Å²) in [7, 11) is 0. The predicted octanol–water partition coefficient (Wildman–Crippen LogP) is 1.20. The minimum Gasteiger partial charge on any atom is -0.443 e. The second kappa shape index (κ2) is 3.27. The third-order valence-corrected chi connectivity index (χ3v) is 2.27. The largest absolute Gasteiger partial charge is 0.443 e. The summed E-state index contributed by atoms with van der Waals surface area (Å²) < 4.78 is 5.21. The van der Waals surface area contributed by atoms with Crippen LogP contribution in [0.3, 0.4) is 0 Å². The standard InChI is InChI=1S/C10H10N4O/c1-2-8-9(15-6-13-8)5-7(1)14-10-11-3-4-12-10/h1-2,5-6H,3-4H2,(H2,11,12,14). The molecular formula is C10H10N4O. The van der Waals surface area contributed by atoms with Gasteiger partial charge in [-0.05, 0) is 12.1 Å². The summed E-state index contributed by atoms with van der Waals surface area (Å²) in [5.74, 6) is 0.814. The zero-order valence-corrected chi connectivity index (χ0v) is 8.03. The zero-order chi connectivity index (χ0) is 10.1. The first kappa shape index (κ1) is 8.28. The molecule has 1 aromatic heterocycles. The predicted molar refractivity (Wildman–Crippen MR) is 57.9 cm³/mol. The first-order valence-corrected chi connectivity index (χ1v) is 4.80. The Morgan fingerprint density at radius 1 is 1.40 bits per heavy atom. The summed E-state index contributed by atoms with van der Waals surface area (Å²) >= 11 is 0. The van der Waals surface area contributed by atoms with Crippen molar-refractivity contribution >= 4 is 22.7 Å². The lowest BCUT2D eigenvalue weighted by atomic mass is 10.3. The third kappa shape index (κ3) is 1.52. The van der Waals surface area contributed by atoms with E-state index in [-0.39, 0.29) is 0 Å². The molecule has 15 heavy (non-hydrogen) atoms. The lowest BCUT2D eigenvalue weighted by Crippen LogP contribution is -2.26. The molecule has 1 aliphatic rings. The molecule has 5 nitrogen and oxygen atoms in total. The Kier molecular flexibility index (Phi) is 1.81. The van der Waals surface area contributed by atoms with Crippen LogP contribution in [0, 0.1) is 0 Å². The Morgan fingerprint density at radius 3 is 3.27 bits per heavy atom. The number of fused-ring (bicyclic) bond motifs is 1. The summed E-state index contributed by atoms with van der Waals surface area (Å²) in [6.45, 7) is 1.72. The Morgan fingerprint density at radius 2 is 2.40 bits per heavy atom. The van der Waals surface area contributed by atoms with Crippen LogP contribution in [0.4, 0.5) is 5.69 Å². The average Bonchev–Trinajstić information content (AvgIpc) is 2.87. The smallest absolute Gasteiger partial charge is 0.195 e. The number of benzene rings is 1. The van der Waals surface area contributed by atoms with Crippen molar-refractivity contribution in [2.24, 2.45) is 4.99 Å². The van der Waals surface area contributed by atoms with Gasteiger partial charge in [0, 0.05) is 18.3 Å². The van der Waals surface area contributed by atoms with Crippen LogP contribution in [0.2, 0.25) is 0 Å². The summed E-state index contributed by atoms with van der Waals surface area (Å²) in [5.41, 5.74) is 2.59. The van der Waals surface area contributed by atoms with Crippen molar-refractivity contribution < 1.29 is 4.42 Å². The van der Waals surface area contributed by atoms with E-state index in [0.29, 0.717) is 0 Å². The quantitative estimate of drug-likeness (QED) is 0.729. The van der Waals surface area contributed by atoms with Crippen molar-refractivity contribution in [2.75, 3.05) is 18.4 Å². The molecule has 2 aromatic rings. The van der Waals surface area contributed by atoms with Gasteiger partial charge in [-0.3, -0.25) is 4.99 Å². The van der Waals surface area contributed by atoms with Crippen LogP contribution in [0.5, 0.6) is 0 Å². The van der Waals surface area contributed by atoms with E-state index in [2.05, 4.69) is 20.6 Å². The van der Waals surface area contributed by atoms with Crippen molar-refractivity contribution in [3.05, 3.63) is 24.6 Å². The number of guanidine groups is 1. The maximum atomic E-state index is 5.21. The van der Waals surface area contributed by atoms with E-state index in [1.54, 1.807) is 0 Å². The topological polar surface area (TPSA) is 62.5 Å². The highest BCUT2D eigenvalue weighted by atomic mass is 16.3. The van der Waals surface area contributed by atoms with Crippen LogP contribution in [0.1, 0.15) is 0 Å². The highest BCUT2D eigenvalue weighted by molar-refractivity contribution is 5.95. The van der Waals surface area contributed by atoms with E-state index in [0.717, 1.165) is 35.8 Å². The van der Waals surface area contributed by atoms with Crippen LogP contribution < -0.4 is 10.6 Å². The molecule has 1 aliphatic heterocycles. The van der Waals surface area contributed by atoms with Gasteiger partial charge in [-0.1, -0.05) is 0 Å². The molecule has 0 amide bonds.